The molecule has 3 heteroatoms. The highest BCUT2D eigenvalue weighted by molar-refractivity contribution is 9.10. The molecule has 16 heavy (non-hydrogen) atoms. The van der Waals surface area contributed by atoms with E-state index in [-0.39, 0.29) is 6.61 Å². The minimum Gasteiger partial charge on any atom is -0.457 e. The van der Waals surface area contributed by atoms with Crippen LogP contribution in [0.15, 0.2) is 46.9 Å². The van der Waals surface area contributed by atoms with Crippen LogP contribution in [-0.4, -0.2) is 5.11 Å². The fourth-order valence-corrected chi connectivity index (χ4v) is 1.75. The predicted octanol–water partition coefficient (Wildman–Crippen LogP) is 3.53. The van der Waals surface area contributed by atoms with Gasteiger partial charge in [-0.15, -0.1) is 0 Å². The Labute approximate surface area is 103 Å². The maximum Gasteiger partial charge on any atom is 0.133 e. The molecule has 0 saturated heterocycles. The van der Waals surface area contributed by atoms with Crippen LogP contribution < -0.4 is 4.74 Å². The summed E-state index contributed by atoms with van der Waals surface area (Å²) in [6.07, 6.45) is 0. The van der Waals surface area contributed by atoms with Gasteiger partial charge in [0.25, 0.3) is 0 Å². The summed E-state index contributed by atoms with van der Waals surface area (Å²) in [7, 11) is 0. The van der Waals surface area contributed by atoms with Crippen molar-refractivity contribution >= 4 is 15.9 Å². The number of halogens is 1. The topological polar surface area (TPSA) is 29.5 Å². The molecule has 0 saturated carbocycles. The predicted molar refractivity (Wildman–Crippen MR) is 65.4 cm³/mol. The molecule has 0 aromatic heterocycles. The van der Waals surface area contributed by atoms with Gasteiger partial charge >= 0.3 is 0 Å². The number of hydrogen-bond acceptors (Lipinski definition) is 2. The summed E-state index contributed by atoms with van der Waals surface area (Å²) in [5.74, 6) is 1.37. The van der Waals surface area contributed by atoms with Crippen LogP contribution in [0.25, 0.3) is 0 Å². The number of aliphatic hydroxyl groups excluding tert-OH is 1. The van der Waals surface area contributed by atoms with Crippen LogP contribution in [-0.2, 0) is 6.61 Å². The monoisotopic (exact) mass is 277 g/mol. The molecule has 0 spiro atoms. The van der Waals surface area contributed by atoms with Gasteiger partial charge in [0.2, 0.25) is 0 Å². The van der Waals surface area contributed by atoms with Crippen molar-refractivity contribution in [1.29, 1.82) is 0 Å². The fraction of sp³-hybridized carbons (Fsp3) is 0.0769. The Bertz CT molecular complexity index is 469. The van der Waals surface area contributed by atoms with Gasteiger partial charge in [-0.25, -0.2) is 0 Å². The lowest BCUT2D eigenvalue weighted by molar-refractivity contribution is 0.276. The second-order valence-corrected chi connectivity index (χ2v) is 4.17. The molecule has 2 nitrogen and oxygen atoms in total. The largest absolute Gasteiger partial charge is 0.457 e. The molecule has 0 bridgehead atoms. The van der Waals surface area contributed by atoms with Crippen LogP contribution in [0.2, 0.25) is 0 Å². The van der Waals surface area contributed by atoms with Crippen LogP contribution in [0.4, 0.5) is 0 Å². The quantitative estimate of drug-likeness (QED) is 0.930. The average molecular weight is 278 g/mol. The van der Waals surface area contributed by atoms with Crippen molar-refractivity contribution in [2.24, 2.45) is 0 Å². The zero-order valence-electron chi connectivity index (χ0n) is 8.48. The highest BCUT2D eigenvalue weighted by atomic mass is 79.9. The van der Waals surface area contributed by atoms with Crippen LogP contribution >= 0.6 is 15.9 Å². The van der Waals surface area contributed by atoms with Gasteiger partial charge in [-0.05, 0) is 36.4 Å². The maximum atomic E-state index is 9.21. The number of rotatable bonds is 3. The molecule has 81 valence electrons. The Hall–Kier alpha value is -1.32. The van der Waals surface area contributed by atoms with Crippen LogP contribution in [0, 0.1) is 6.07 Å². The van der Waals surface area contributed by atoms with Crippen molar-refractivity contribution in [3.05, 3.63) is 58.6 Å². The van der Waals surface area contributed by atoms with E-state index in [9.17, 15) is 5.11 Å². The molecular weight excluding hydrogens is 268 g/mol. The molecule has 2 rings (SSSR count). The van der Waals surface area contributed by atoms with E-state index in [1.165, 1.54) is 0 Å². The Kier molecular flexibility index (Phi) is 3.59. The van der Waals surface area contributed by atoms with Gasteiger partial charge in [-0.1, -0.05) is 28.1 Å². The highest BCUT2D eigenvalue weighted by Crippen LogP contribution is 2.27. The summed E-state index contributed by atoms with van der Waals surface area (Å²) in [4.78, 5) is 0. The molecule has 1 N–H and O–H groups in total. The lowest BCUT2D eigenvalue weighted by atomic mass is 10.2. The van der Waals surface area contributed by atoms with E-state index in [0.717, 1.165) is 10.0 Å². The van der Waals surface area contributed by atoms with E-state index in [2.05, 4.69) is 22.0 Å². The van der Waals surface area contributed by atoms with Crippen LogP contribution in [0.1, 0.15) is 5.56 Å². The molecule has 0 atom stereocenters. The molecule has 0 aliphatic carbocycles. The van der Waals surface area contributed by atoms with E-state index in [4.69, 9.17) is 4.74 Å². The Morgan fingerprint density at radius 3 is 2.88 bits per heavy atom. The molecule has 0 aliphatic heterocycles. The molecule has 2 aromatic carbocycles. The first kappa shape index (κ1) is 11.2. The summed E-state index contributed by atoms with van der Waals surface area (Å²) < 4.78 is 6.56. The third-order valence-corrected chi connectivity index (χ3v) is 2.59. The smallest absolute Gasteiger partial charge is 0.133 e. The second-order valence-electron chi connectivity index (χ2n) is 3.25. The normalized spacial score (nSPS) is 10.1. The van der Waals surface area contributed by atoms with E-state index >= 15 is 0 Å². The Balaban J connectivity index is 2.28. The van der Waals surface area contributed by atoms with Gasteiger partial charge in [-0.2, -0.15) is 0 Å². The summed E-state index contributed by atoms with van der Waals surface area (Å²) in [6, 6.07) is 15.7. The number of hydrogen-bond donors (Lipinski definition) is 1. The molecule has 0 heterocycles. The van der Waals surface area contributed by atoms with Crippen LogP contribution in [0.3, 0.4) is 0 Å². The first-order chi connectivity index (χ1) is 7.79. The molecule has 0 aliphatic rings. The number of aliphatic hydroxyl groups is 1. The van der Waals surface area contributed by atoms with Crippen molar-refractivity contribution in [3.8, 4) is 11.5 Å². The highest BCUT2D eigenvalue weighted by Gasteiger charge is 2.04. The first-order valence-corrected chi connectivity index (χ1v) is 5.62. The minimum atomic E-state index is -0.0503. The van der Waals surface area contributed by atoms with E-state index in [1.54, 1.807) is 12.1 Å². The van der Waals surface area contributed by atoms with E-state index in [0.29, 0.717) is 11.5 Å². The minimum absolute atomic E-state index is 0.0503. The van der Waals surface area contributed by atoms with Gasteiger partial charge in [0.15, 0.2) is 0 Å². The Morgan fingerprint density at radius 1 is 1.31 bits per heavy atom. The molecule has 2 aromatic rings. The SMILES string of the molecule is OCc1cc(Br)ccc1Oc1c[c]ccc1. The third-order valence-electron chi connectivity index (χ3n) is 2.10. The first-order valence-electron chi connectivity index (χ1n) is 4.83. The molecule has 0 unspecified atom stereocenters. The van der Waals surface area contributed by atoms with Gasteiger partial charge in [0.05, 0.1) is 6.61 Å². The lowest BCUT2D eigenvalue weighted by Gasteiger charge is -2.09. The summed E-state index contributed by atoms with van der Waals surface area (Å²) >= 11 is 3.35. The summed E-state index contributed by atoms with van der Waals surface area (Å²) in [6.45, 7) is -0.0503. The summed E-state index contributed by atoms with van der Waals surface area (Å²) in [5, 5.41) is 9.21. The molecule has 0 amide bonds. The van der Waals surface area contributed by atoms with E-state index < -0.39 is 0 Å². The van der Waals surface area contributed by atoms with Crippen molar-refractivity contribution in [3.63, 3.8) is 0 Å². The van der Waals surface area contributed by atoms with Crippen LogP contribution in [0.5, 0.6) is 11.5 Å². The zero-order chi connectivity index (χ0) is 11.4. The lowest BCUT2D eigenvalue weighted by Crippen LogP contribution is -1.91. The van der Waals surface area contributed by atoms with Gasteiger partial charge in [0.1, 0.15) is 11.5 Å². The maximum absolute atomic E-state index is 9.21. The zero-order valence-corrected chi connectivity index (χ0v) is 10.1. The molecule has 0 fully saturated rings. The van der Waals surface area contributed by atoms with Crippen molar-refractivity contribution in [2.75, 3.05) is 0 Å². The van der Waals surface area contributed by atoms with Gasteiger partial charge in [0, 0.05) is 10.0 Å². The van der Waals surface area contributed by atoms with Crippen molar-refractivity contribution in [2.45, 2.75) is 6.61 Å². The van der Waals surface area contributed by atoms with Crippen molar-refractivity contribution < 1.29 is 9.84 Å². The molecule has 1 radical (unpaired) electrons. The van der Waals surface area contributed by atoms with Gasteiger partial charge in [-0.3, -0.25) is 0 Å². The number of ether oxygens (including phenoxy) is 1. The average Bonchev–Trinajstić information content (AvgIpc) is 2.33. The fourth-order valence-electron chi connectivity index (χ4n) is 1.34. The number of benzene rings is 2. The molecular formula is C13H10BrO2. The standard InChI is InChI=1S/C13H10BrO2/c14-11-6-7-13(10(8-11)9-15)16-12-4-2-1-3-5-12/h1-2,4-8,15H,9H2. The van der Waals surface area contributed by atoms with Gasteiger partial charge < -0.3 is 9.84 Å². The third kappa shape index (κ3) is 2.62. The summed E-state index contributed by atoms with van der Waals surface area (Å²) in [5.41, 5.74) is 0.748. The Morgan fingerprint density at radius 2 is 2.19 bits per heavy atom. The second kappa shape index (κ2) is 5.14. The van der Waals surface area contributed by atoms with E-state index in [1.807, 2.05) is 30.3 Å². The van der Waals surface area contributed by atoms with Crippen molar-refractivity contribution in [1.82, 2.24) is 0 Å².